The Hall–Kier alpha value is -3.26. The predicted octanol–water partition coefficient (Wildman–Crippen LogP) is 3.42. The topological polar surface area (TPSA) is 101 Å². The number of anilines is 2. The van der Waals surface area contributed by atoms with Crippen LogP contribution in [0.1, 0.15) is 30.6 Å². The highest BCUT2D eigenvalue weighted by molar-refractivity contribution is 8.00. The third kappa shape index (κ3) is 5.08. The minimum absolute atomic E-state index is 0.00503. The van der Waals surface area contributed by atoms with Crippen LogP contribution in [0.4, 0.5) is 11.5 Å². The minimum Gasteiger partial charge on any atom is -0.383 e. The molecular weight excluding hydrogens is 412 g/mol. The number of aromatic amines is 1. The second kappa shape index (κ2) is 10.2. The summed E-state index contributed by atoms with van der Waals surface area (Å²) in [5, 5.41) is -0.594. The average Bonchev–Trinajstić information content (AvgIpc) is 2.78. The van der Waals surface area contributed by atoms with Crippen LogP contribution in [0.3, 0.4) is 0 Å². The summed E-state index contributed by atoms with van der Waals surface area (Å²) in [6.07, 6.45) is 1.59. The minimum atomic E-state index is -0.678. The average molecular weight is 439 g/mol. The van der Waals surface area contributed by atoms with Crippen molar-refractivity contribution in [2.24, 2.45) is 0 Å². The number of H-pyrrole nitrogens is 1. The lowest BCUT2D eigenvalue weighted by Gasteiger charge is -2.25. The van der Waals surface area contributed by atoms with Crippen molar-refractivity contribution < 1.29 is 4.79 Å². The number of hydrogen-bond donors (Lipinski definition) is 2. The molecular formula is C23H26N4O3S. The van der Waals surface area contributed by atoms with E-state index in [4.69, 9.17) is 5.73 Å². The smallest absolute Gasteiger partial charge is 0.330 e. The molecule has 0 fully saturated rings. The summed E-state index contributed by atoms with van der Waals surface area (Å²) >= 11 is 1.39. The molecule has 0 spiro atoms. The number of nitrogens with zero attached hydrogens (tertiary/aromatic N) is 2. The van der Waals surface area contributed by atoms with Crippen LogP contribution in [0.15, 0.2) is 75.1 Å². The quantitative estimate of drug-likeness (QED) is 0.525. The van der Waals surface area contributed by atoms with Gasteiger partial charge in [0.1, 0.15) is 11.1 Å². The highest BCUT2D eigenvalue weighted by Gasteiger charge is 2.29. The second-order valence-corrected chi connectivity index (χ2v) is 8.30. The highest BCUT2D eigenvalue weighted by Crippen LogP contribution is 2.37. The number of nitrogens with one attached hydrogen (secondary N) is 1. The molecule has 31 heavy (non-hydrogen) atoms. The number of thioether (sulfide) groups is 1. The van der Waals surface area contributed by atoms with Gasteiger partial charge >= 0.3 is 5.69 Å². The SMILES string of the molecule is CCCCn1c(N)c(N(C)C(=O)C(Sc2ccccc2)c2ccccc2)c(=O)[nH]c1=O. The summed E-state index contributed by atoms with van der Waals surface area (Å²) in [6, 6.07) is 19.0. The molecule has 0 bridgehead atoms. The monoisotopic (exact) mass is 438 g/mol. The van der Waals surface area contributed by atoms with E-state index in [0.29, 0.717) is 6.54 Å². The van der Waals surface area contributed by atoms with Gasteiger partial charge in [0.25, 0.3) is 5.56 Å². The molecule has 0 aliphatic heterocycles. The molecule has 0 aliphatic carbocycles. The van der Waals surface area contributed by atoms with Crippen LogP contribution in [0.5, 0.6) is 0 Å². The molecule has 3 N–H and O–H groups in total. The van der Waals surface area contributed by atoms with Gasteiger partial charge in [-0.1, -0.05) is 61.9 Å². The number of nitrogen functional groups attached to an aromatic ring is 1. The summed E-state index contributed by atoms with van der Waals surface area (Å²) in [5.41, 5.74) is 5.74. The number of likely N-dealkylation sites (N-methyl/N-ethyl adjacent to an activating group) is 1. The molecule has 1 unspecified atom stereocenters. The van der Waals surface area contributed by atoms with Gasteiger partial charge < -0.3 is 10.6 Å². The number of unbranched alkanes of at least 4 members (excludes halogenated alkanes) is 1. The maximum atomic E-state index is 13.6. The maximum absolute atomic E-state index is 13.6. The zero-order valence-electron chi connectivity index (χ0n) is 17.6. The second-order valence-electron chi connectivity index (χ2n) is 7.12. The predicted molar refractivity (Wildman–Crippen MR) is 126 cm³/mol. The summed E-state index contributed by atoms with van der Waals surface area (Å²) in [7, 11) is 1.51. The summed E-state index contributed by atoms with van der Waals surface area (Å²) in [6.45, 7) is 2.36. The first-order valence-electron chi connectivity index (χ1n) is 10.1. The Morgan fingerprint density at radius 2 is 1.71 bits per heavy atom. The third-order valence-electron chi connectivity index (χ3n) is 4.94. The number of nitrogens with two attached hydrogens (primary N) is 1. The number of amides is 1. The van der Waals surface area contributed by atoms with Gasteiger partial charge in [0, 0.05) is 18.5 Å². The van der Waals surface area contributed by atoms with Crippen LogP contribution < -0.4 is 21.9 Å². The molecule has 0 saturated heterocycles. The standard InChI is InChI=1S/C23H26N4O3S/c1-3-4-15-27-20(24)18(21(28)25-23(27)30)26(2)22(29)19(16-11-7-5-8-12-16)31-17-13-9-6-10-14-17/h5-14,19H,3-4,15,24H2,1-2H3,(H,25,28,30). The summed E-state index contributed by atoms with van der Waals surface area (Å²) in [4.78, 5) is 42.9. The Balaban J connectivity index is 2.02. The van der Waals surface area contributed by atoms with Gasteiger partial charge in [0.15, 0.2) is 5.69 Å². The molecule has 1 atom stereocenters. The molecule has 162 valence electrons. The zero-order chi connectivity index (χ0) is 22.4. The number of rotatable bonds is 8. The number of benzene rings is 2. The van der Waals surface area contributed by atoms with E-state index in [1.807, 2.05) is 67.6 Å². The van der Waals surface area contributed by atoms with E-state index in [9.17, 15) is 14.4 Å². The Labute approximate surface area is 184 Å². The summed E-state index contributed by atoms with van der Waals surface area (Å²) in [5.74, 6) is -0.312. The molecule has 1 aromatic heterocycles. The van der Waals surface area contributed by atoms with Crippen LogP contribution in [0, 0.1) is 0 Å². The van der Waals surface area contributed by atoms with Crippen molar-refractivity contribution in [3.8, 4) is 0 Å². The largest absolute Gasteiger partial charge is 0.383 e. The van der Waals surface area contributed by atoms with E-state index in [0.717, 1.165) is 23.3 Å². The van der Waals surface area contributed by atoms with Crippen molar-refractivity contribution in [3.63, 3.8) is 0 Å². The molecule has 0 saturated carbocycles. The van der Waals surface area contributed by atoms with Crippen LogP contribution in [0.25, 0.3) is 0 Å². The fraction of sp³-hybridized carbons (Fsp3) is 0.261. The lowest BCUT2D eigenvalue weighted by molar-refractivity contribution is -0.117. The molecule has 1 heterocycles. The van der Waals surface area contributed by atoms with Gasteiger partial charge in [0.05, 0.1) is 0 Å². The van der Waals surface area contributed by atoms with Gasteiger partial charge in [-0.2, -0.15) is 0 Å². The Morgan fingerprint density at radius 1 is 1.10 bits per heavy atom. The molecule has 3 aromatic rings. The third-order valence-corrected chi connectivity index (χ3v) is 6.19. The Bertz CT molecular complexity index is 1140. The van der Waals surface area contributed by atoms with Crippen molar-refractivity contribution in [1.29, 1.82) is 0 Å². The molecule has 7 nitrogen and oxygen atoms in total. The van der Waals surface area contributed by atoms with Gasteiger partial charge in [-0.3, -0.25) is 19.1 Å². The van der Waals surface area contributed by atoms with Crippen LogP contribution in [-0.2, 0) is 11.3 Å². The first kappa shape index (κ1) is 22.4. The van der Waals surface area contributed by atoms with E-state index >= 15 is 0 Å². The van der Waals surface area contributed by atoms with Crippen molar-refractivity contribution in [2.45, 2.75) is 36.5 Å². The highest BCUT2D eigenvalue weighted by atomic mass is 32.2. The van der Waals surface area contributed by atoms with Gasteiger partial charge in [-0.25, -0.2) is 4.79 Å². The van der Waals surface area contributed by atoms with Crippen molar-refractivity contribution in [2.75, 3.05) is 17.7 Å². The van der Waals surface area contributed by atoms with Crippen molar-refractivity contribution in [1.82, 2.24) is 9.55 Å². The lowest BCUT2D eigenvalue weighted by Crippen LogP contribution is -2.40. The first-order chi connectivity index (χ1) is 14.9. The Kier molecular flexibility index (Phi) is 7.36. The fourth-order valence-electron chi connectivity index (χ4n) is 3.25. The van der Waals surface area contributed by atoms with Gasteiger partial charge in [-0.05, 0) is 24.1 Å². The zero-order valence-corrected chi connectivity index (χ0v) is 18.4. The maximum Gasteiger partial charge on any atom is 0.330 e. The van der Waals surface area contributed by atoms with E-state index in [2.05, 4.69) is 4.98 Å². The molecule has 3 rings (SSSR count). The molecule has 1 amide bonds. The van der Waals surface area contributed by atoms with E-state index < -0.39 is 16.5 Å². The fourth-order valence-corrected chi connectivity index (χ4v) is 4.39. The van der Waals surface area contributed by atoms with E-state index in [-0.39, 0.29) is 17.4 Å². The van der Waals surface area contributed by atoms with Crippen molar-refractivity contribution >= 4 is 29.2 Å². The van der Waals surface area contributed by atoms with Crippen LogP contribution in [-0.4, -0.2) is 22.5 Å². The number of carbonyl (C=O) groups excluding carboxylic acids is 1. The number of hydrogen-bond acceptors (Lipinski definition) is 5. The molecule has 0 aliphatic rings. The Morgan fingerprint density at radius 3 is 2.32 bits per heavy atom. The van der Waals surface area contributed by atoms with Crippen LogP contribution in [0.2, 0.25) is 0 Å². The lowest BCUT2D eigenvalue weighted by atomic mass is 10.1. The molecule has 2 aromatic carbocycles. The van der Waals surface area contributed by atoms with Crippen LogP contribution >= 0.6 is 11.8 Å². The number of aromatic nitrogens is 2. The van der Waals surface area contributed by atoms with Gasteiger partial charge in [0.2, 0.25) is 5.91 Å². The molecule has 0 radical (unpaired) electrons. The number of carbonyl (C=O) groups is 1. The van der Waals surface area contributed by atoms with E-state index in [1.54, 1.807) is 0 Å². The summed E-state index contributed by atoms with van der Waals surface area (Å²) < 4.78 is 1.31. The van der Waals surface area contributed by atoms with Gasteiger partial charge in [-0.15, -0.1) is 11.8 Å². The normalized spacial score (nSPS) is 11.8. The molecule has 8 heteroatoms. The first-order valence-corrected chi connectivity index (χ1v) is 11.0. The van der Waals surface area contributed by atoms with Crippen molar-refractivity contribution in [3.05, 3.63) is 87.1 Å². The van der Waals surface area contributed by atoms with E-state index in [1.165, 1.54) is 28.3 Å².